The van der Waals surface area contributed by atoms with Crippen molar-refractivity contribution in [3.05, 3.63) is 53.6 Å². The average molecular weight is 399 g/mol. The first kappa shape index (κ1) is 18.4. The first-order chi connectivity index (χ1) is 13.6. The summed E-state index contributed by atoms with van der Waals surface area (Å²) in [7, 11) is 1.66. The smallest absolute Gasteiger partial charge is 0.222 e. The number of hydrogen-bond acceptors (Lipinski definition) is 7. The zero-order chi connectivity index (χ0) is 19.5. The molecule has 3 N–H and O–H groups in total. The average Bonchev–Trinajstić information content (AvgIpc) is 3.24. The zero-order valence-corrected chi connectivity index (χ0v) is 16.4. The van der Waals surface area contributed by atoms with Crippen LogP contribution in [0.1, 0.15) is 12.8 Å². The van der Waals surface area contributed by atoms with Crippen molar-refractivity contribution in [1.82, 2.24) is 4.90 Å². The van der Waals surface area contributed by atoms with Crippen LogP contribution in [0.2, 0.25) is 5.02 Å². The number of hydrogen-bond donors (Lipinski definition) is 2. The van der Waals surface area contributed by atoms with Gasteiger partial charge in [0.2, 0.25) is 18.2 Å². The number of benzene rings is 2. The number of methoxy groups -OCH3 is 1. The van der Waals surface area contributed by atoms with Crippen molar-refractivity contribution >= 4 is 34.9 Å². The molecule has 0 radical (unpaired) electrons. The number of nitrogens with zero attached hydrogens (tertiary/aromatic N) is 4. The lowest BCUT2D eigenvalue weighted by atomic mass is 10.2. The molecule has 0 saturated carbocycles. The molecule has 8 heteroatoms. The Morgan fingerprint density at radius 2 is 1.89 bits per heavy atom. The summed E-state index contributed by atoms with van der Waals surface area (Å²) in [5.74, 6) is 1.82. The third kappa shape index (κ3) is 3.84. The summed E-state index contributed by atoms with van der Waals surface area (Å²) in [5.41, 5.74) is 7.89. The molecule has 1 saturated heterocycles. The van der Waals surface area contributed by atoms with Crippen LogP contribution in [0.25, 0.3) is 0 Å². The van der Waals surface area contributed by atoms with E-state index in [2.05, 4.69) is 25.1 Å². The summed E-state index contributed by atoms with van der Waals surface area (Å²) in [4.78, 5) is 13.4. The number of ether oxygens (including phenoxy) is 1. The van der Waals surface area contributed by atoms with Crippen molar-refractivity contribution in [2.24, 2.45) is 15.7 Å². The van der Waals surface area contributed by atoms with Gasteiger partial charge in [-0.25, -0.2) is 4.99 Å². The van der Waals surface area contributed by atoms with E-state index in [4.69, 9.17) is 22.1 Å². The maximum absolute atomic E-state index is 6.08. The van der Waals surface area contributed by atoms with Crippen LogP contribution in [-0.2, 0) is 0 Å². The quantitative estimate of drug-likeness (QED) is 0.825. The van der Waals surface area contributed by atoms with Gasteiger partial charge in [-0.3, -0.25) is 4.90 Å². The number of aliphatic imine (C=N–C) groups is 2. The van der Waals surface area contributed by atoms with Gasteiger partial charge in [-0.15, -0.1) is 0 Å². The Labute approximate surface area is 169 Å². The molecule has 28 heavy (non-hydrogen) atoms. The zero-order valence-electron chi connectivity index (χ0n) is 15.7. The van der Waals surface area contributed by atoms with Crippen LogP contribution < -0.4 is 20.7 Å². The second-order valence-electron chi connectivity index (χ2n) is 6.69. The molecule has 2 aliphatic rings. The third-order valence-corrected chi connectivity index (χ3v) is 5.04. The second kappa shape index (κ2) is 7.98. The highest BCUT2D eigenvalue weighted by molar-refractivity contribution is 6.30. The fraction of sp³-hybridized carbons (Fsp3) is 0.300. The predicted octanol–water partition coefficient (Wildman–Crippen LogP) is 3.33. The SMILES string of the molecule is COc1cccc(N2C(N3CCCC3)=NC(N)=NC2Nc2ccc(Cl)cc2)c1. The number of nitrogens with two attached hydrogens (primary N) is 1. The summed E-state index contributed by atoms with van der Waals surface area (Å²) in [6, 6.07) is 15.4. The number of halogens is 1. The fourth-order valence-corrected chi connectivity index (χ4v) is 3.55. The molecule has 0 spiro atoms. The minimum atomic E-state index is -0.443. The molecule has 2 aliphatic heterocycles. The molecule has 2 aromatic rings. The van der Waals surface area contributed by atoms with E-state index in [0.717, 1.165) is 49.0 Å². The largest absolute Gasteiger partial charge is 0.497 e. The molecule has 0 aliphatic carbocycles. The maximum Gasteiger partial charge on any atom is 0.222 e. The number of anilines is 2. The maximum atomic E-state index is 6.08. The highest BCUT2D eigenvalue weighted by Crippen LogP contribution is 2.28. The standard InChI is InChI=1S/C20H23ClN6O/c1-28-17-6-4-5-16(13-17)27-19(23-15-9-7-14(21)8-10-15)24-18(22)25-20(27)26-11-2-3-12-26/h4-10,13,19,23H,2-3,11-12H2,1H3,(H2,22,24). The molecule has 4 rings (SSSR count). The number of guanidine groups is 2. The summed E-state index contributed by atoms with van der Waals surface area (Å²) in [6.45, 7) is 1.89. The number of nitrogens with one attached hydrogen (secondary N) is 1. The minimum absolute atomic E-state index is 0.257. The third-order valence-electron chi connectivity index (χ3n) is 4.79. The van der Waals surface area contributed by atoms with Gasteiger partial charge in [-0.05, 0) is 49.2 Å². The molecule has 1 fully saturated rings. The first-order valence-electron chi connectivity index (χ1n) is 9.26. The van der Waals surface area contributed by atoms with Crippen molar-refractivity contribution in [2.75, 3.05) is 30.4 Å². The van der Waals surface area contributed by atoms with Crippen LogP contribution in [0.15, 0.2) is 58.5 Å². The summed E-state index contributed by atoms with van der Waals surface area (Å²) >= 11 is 6.02. The molecule has 0 amide bonds. The monoisotopic (exact) mass is 398 g/mol. The Bertz CT molecular complexity index is 892. The van der Waals surface area contributed by atoms with E-state index in [1.54, 1.807) is 7.11 Å². The lowest BCUT2D eigenvalue weighted by molar-refractivity contribution is 0.414. The van der Waals surface area contributed by atoms with Crippen LogP contribution in [0, 0.1) is 0 Å². The van der Waals surface area contributed by atoms with E-state index >= 15 is 0 Å². The van der Waals surface area contributed by atoms with Crippen molar-refractivity contribution < 1.29 is 4.74 Å². The van der Waals surface area contributed by atoms with Crippen LogP contribution >= 0.6 is 11.6 Å². The molecule has 7 nitrogen and oxygen atoms in total. The molecule has 2 aromatic carbocycles. The van der Waals surface area contributed by atoms with Gasteiger partial charge >= 0.3 is 0 Å². The highest BCUT2D eigenvalue weighted by atomic mass is 35.5. The molecule has 0 bridgehead atoms. The van der Waals surface area contributed by atoms with Crippen LogP contribution in [-0.4, -0.2) is 43.3 Å². The normalized spacial score (nSPS) is 19.3. The summed E-state index contributed by atoms with van der Waals surface area (Å²) in [5, 5.41) is 4.11. The molecule has 1 unspecified atom stereocenters. The van der Waals surface area contributed by atoms with Crippen molar-refractivity contribution in [3.63, 3.8) is 0 Å². The van der Waals surface area contributed by atoms with Gasteiger partial charge in [0, 0.05) is 29.9 Å². The molecular weight excluding hydrogens is 376 g/mol. The van der Waals surface area contributed by atoms with Gasteiger partial charge in [0.25, 0.3) is 0 Å². The van der Waals surface area contributed by atoms with E-state index in [0.29, 0.717) is 5.02 Å². The second-order valence-corrected chi connectivity index (χ2v) is 7.13. The van der Waals surface area contributed by atoms with Gasteiger partial charge in [0.05, 0.1) is 12.8 Å². The van der Waals surface area contributed by atoms with Crippen LogP contribution in [0.4, 0.5) is 11.4 Å². The van der Waals surface area contributed by atoms with E-state index in [9.17, 15) is 0 Å². The summed E-state index contributed by atoms with van der Waals surface area (Å²) < 4.78 is 5.42. The van der Waals surface area contributed by atoms with Gasteiger partial charge in [-0.2, -0.15) is 4.99 Å². The topological polar surface area (TPSA) is 78.5 Å². The van der Waals surface area contributed by atoms with E-state index < -0.39 is 6.29 Å². The van der Waals surface area contributed by atoms with E-state index in [1.807, 2.05) is 48.5 Å². The van der Waals surface area contributed by atoms with Gasteiger partial charge in [-0.1, -0.05) is 17.7 Å². The molecular formula is C20H23ClN6O. The highest BCUT2D eigenvalue weighted by Gasteiger charge is 2.32. The fourth-order valence-electron chi connectivity index (χ4n) is 3.43. The minimum Gasteiger partial charge on any atom is -0.497 e. The van der Waals surface area contributed by atoms with E-state index in [-0.39, 0.29) is 5.96 Å². The van der Waals surface area contributed by atoms with Crippen molar-refractivity contribution in [3.8, 4) is 5.75 Å². The van der Waals surface area contributed by atoms with E-state index in [1.165, 1.54) is 0 Å². The molecule has 2 heterocycles. The Morgan fingerprint density at radius 3 is 2.61 bits per heavy atom. The predicted molar refractivity (Wildman–Crippen MR) is 114 cm³/mol. The Hall–Kier alpha value is -2.93. The number of likely N-dealkylation sites (tertiary alicyclic amines) is 1. The summed E-state index contributed by atoms with van der Waals surface area (Å²) in [6.07, 6.45) is 1.83. The first-order valence-corrected chi connectivity index (χ1v) is 9.64. The van der Waals surface area contributed by atoms with Gasteiger partial charge in [0.15, 0.2) is 0 Å². The Kier molecular flexibility index (Phi) is 5.25. The Morgan fingerprint density at radius 1 is 1.14 bits per heavy atom. The van der Waals surface area contributed by atoms with Gasteiger partial charge < -0.3 is 20.7 Å². The Balaban J connectivity index is 1.73. The van der Waals surface area contributed by atoms with Crippen LogP contribution in [0.3, 0.4) is 0 Å². The molecule has 1 atom stereocenters. The lowest BCUT2D eigenvalue weighted by Gasteiger charge is -2.38. The lowest BCUT2D eigenvalue weighted by Crippen LogP contribution is -2.54. The molecule has 146 valence electrons. The van der Waals surface area contributed by atoms with Crippen molar-refractivity contribution in [1.29, 1.82) is 0 Å². The van der Waals surface area contributed by atoms with Gasteiger partial charge in [0.1, 0.15) is 5.75 Å². The molecule has 0 aromatic heterocycles. The van der Waals surface area contributed by atoms with Crippen molar-refractivity contribution in [2.45, 2.75) is 19.1 Å². The number of rotatable bonds is 4. The van der Waals surface area contributed by atoms with Crippen LogP contribution in [0.5, 0.6) is 5.75 Å².